The summed E-state index contributed by atoms with van der Waals surface area (Å²) in [5, 5.41) is 7.86. The molecule has 3 N–H and O–H groups in total. The highest BCUT2D eigenvalue weighted by molar-refractivity contribution is 7.10. The van der Waals surface area contributed by atoms with Crippen LogP contribution in [0.1, 0.15) is 35.0 Å². The molecule has 4 nitrogen and oxygen atoms in total. The molecule has 2 aromatic heterocycles. The van der Waals surface area contributed by atoms with Gasteiger partial charge in [0.2, 0.25) is 0 Å². The average molecular weight is 280 g/mol. The van der Waals surface area contributed by atoms with Gasteiger partial charge in [0.05, 0.1) is 10.7 Å². The molecule has 2 heterocycles. The molecule has 2 aromatic rings. The molecule has 18 heavy (non-hydrogen) atoms. The van der Waals surface area contributed by atoms with Crippen LogP contribution in [0.3, 0.4) is 0 Å². The van der Waals surface area contributed by atoms with Gasteiger partial charge < -0.3 is 11.1 Å². The minimum atomic E-state index is 0.646. The number of aromatic nitrogens is 2. The predicted molar refractivity (Wildman–Crippen MR) is 77.5 cm³/mol. The number of aryl methyl sites for hydroxylation is 1. The van der Waals surface area contributed by atoms with Crippen LogP contribution >= 0.6 is 22.9 Å². The van der Waals surface area contributed by atoms with Crippen molar-refractivity contribution >= 4 is 33.7 Å². The van der Waals surface area contributed by atoms with E-state index in [2.05, 4.69) is 20.1 Å². The van der Waals surface area contributed by atoms with Crippen molar-refractivity contribution in [3.8, 4) is 0 Å². The minimum absolute atomic E-state index is 0.646. The molecule has 6 heteroatoms. The third-order valence-electron chi connectivity index (χ3n) is 3.07. The molecule has 1 saturated carbocycles. The monoisotopic (exact) mass is 280 g/mol. The van der Waals surface area contributed by atoms with Gasteiger partial charge in [-0.3, -0.25) is 0 Å². The van der Waals surface area contributed by atoms with E-state index >= 15 is 0 Å². The Hall–Kier alpha value is -1.14. The van der Waals surface area contributed by atoms with E-state index in [4.69, 9.17) is 5.73 Å². The first-order valence-electron chi connectivity index (χ1n) is 6.14. The second kappa shape index (κ2) is 4.85. The van der Waals surface area contributed by atoms with Crippen molar-refractivity contribution in [2.24, 2.45) is 0 Å². The lowest BCUT2D eigenvalue weighted by molar-refractivity contribution is 0.967. The number of thiazole rings is 1. The van der Waals surface area contributed by atoms with Crippen molar-refractivity contribution in [1.29, 1.82) is 0 Å². The van der Waals surface area contributed by atoms with Gasteiger partial charge in [-0.05, 0) is 37.2 Å². The molecule has 0 unspecified atom stereocenters. The van der Waals surface area contributed by atoms with Gasteiger partial charge in [0, 0.05) is 23.9 Å². The molecule has 96 valence electrons. The average Bonchev–Trinajstić information content (AvgIpc) is 2.99. The highest BCUT2D eigenvalue weighted by Gasteiger charge is 2.30. The highest BCUT2D eigenvalue weighted by Crippen LogP contribution is 2.47. The summed E-state index contributed by atoms with van der Waals surface area (Å²) >= 11 is 3.19. The van der Waals surface area contributed by atoms with E-state index in [0.29, 0.717) is 5.92 Å². The maximum atomic E-state index is 5.92. The molecule has 0 bridgehead atoms. The molecular weight excluding hydrogens is 264 g/mol. The summed E-state index contributed by atoms with van der Waals surface area (Å²) in [6.45, 7) is 2.93. The molecule has 0 aliphatic heterocycles. The quantitative estimate of drug-likeness (QED) is 0.883. The van der Waals surface area contributed by atoms with Crippen molar-refractivity contribution in [2.45, 2.75) is 32.1 Å². The third kappa shape index (κ3) is 2.49. The van der Waals surface area contributed by atoms with Crippen molar-refractivity contribution in [3.05, 3.63) is 21.6 Å². The predicted octanol–water partition coefficient (Wildman–Crippen LogP) is 3.02. The summed E-state index contributed by atoms with van der Waals surface area (Å²) in [5.74, 6) is 1.36. The molecule has 0 amide bonds. The molecule has 0 atom stereocenters. The van der Waals surface area contributed by atoms with E-state index in [0.717, 1.165) is 34.5 Å². The Bertz CT molecular complexity index is 542. The minimum Gasteiger partial charge on any atom is -0.383 e. The Morgan fingerprint density at radius 3 is 3.00 bits per heavy atom. The largest absolute Gasteiger partial charge is 0.383 e. The molecule has 0 saturated heterocycles. The fraction of sp³-hybridized carbons (Fsp3) is 0.500. The van der Waals surface area contributed by atoms with Crippen molar-refractivity contribution in [2.75, 3.05) is 17.6 Å². The summed E-state index contributed by atoms with van der Waals surface area (Å²) in [6, 6.07) is 0. The van der Waals surface area contributed by atoms with E-state index < -0.39 is 0 Å². The van der Waals surface area contributed by atoms with Gasteiger partial charge >= 0.3 is 0 Å². The molecule has 3 rings (SSSR count). The van der Waals surface area contributed by atoms with Crippen LogP contribution in [-0.4, -0.2) is 15.9 Å². The van der Waals surface area contributed by atoms with Crippen LogP contribution in [0.25, 0.3) is 0 Å². The van der Waals surface area contributed by atoms with Crippen molar-refractivity contribution < 1.29 is 0 Å². The van der Waals surface area contributed by atoms with E-state index in [1.165, 1.54) is 29.9 Å². The van der Waals surface area contributed by atoms with E-state index in [9.17, 15) is 0 Å². The Balaban J connectivity index is 1.60. The number of hydrogen-bond acceptors (Lipinski definition) is 6. The van der Waals surface area contributed by atoms with Crippen LogP contribution in [0, 0.1) is 6.92 Å². The topological polar surface area (TPSA) is 63.8 Å². The van der Waals surface area contributed by atoms with Crippen LogP contribution in [0.5, 0.6) is 0 Å². The molecular formula is C12H16N4S2. The Labute approximate surface area is 114 Å². The first-order valence-corrected chi connectivity index (χ1v) is 7.79. The number of rotatable bonds is 5. The summed E-state index contributed by atoms with van der Waals surface area (Å²) in [5.41, 5.74) is 8.32. The number of nitrogens with one attached hydrogen (secondary N) is 1. The first kappa shape index (κ1) is 11.9. The maximum Gasteiger partial charge on any atom is 0.142 e. The second-order valence-corrected chi connectivity index (χ2v) is 6.46. The molecule has 0 radical (unpaired) electrons. The Kier molecular flexibility index (Phi) is 3.22. The van der Waals surface area contributed by atoms with Gasteiger partial charge in [-0.1, -0.05) is 0 Å². The fourth-order valence-electron chi connectivity index (χ4n) is 2.03. The molecule has 1 aliphatic rings. The Morgan fingerprint density at radius 2 is 2.33 bits per heavy atom. The standard InChI is InChI=1S/C12H16N4S2/c1-7-15-9(6-17-7)4-5-14-12-10(8-2-3-8)11(13)16-18-12/h6,8,14H,2-5H2,1H3,(H2,13,16). The van der Waals surface area contributed by atoms with Crippen molar-refractivity contribution in [3.63, 3.8) is 0 Å². The zero-order valence-corrected chi connectivity index (χ0v) is 11.9. The van der Waals surface area contributed by atoms with Crippen LogP contribution in [0.2, 0.25) is 0 Å². The molecule has 0 spiro atoms. The molecule has 1 aliphatic carbocycles. The van der Waals surface area contributed by atoms with Gasteiger partial charge in [-0.25, -0.2) is 4.98 Å². The van der Waals surface area contributed by atoms with E-state index in [1.807, 2.05) is 6.92 Å². The molecule has 0 aromatic carbocycles. The van der Waals surface area contributed by atoms with Gasteiger partial charge in [0.1, 0.15) is 10.8 Å². The van der Waals surface area contributed by atoms with Crippen LogP contribution in [0.4, 0.5) is 10.8 Å². The third-order valence-corrected chi connectivity index (χ3v) is 4.73. The number of nitrogens with zero attached hydrogens (tertiary/aromatic N) is 2. The Morgan fingerprint density at radius 1 is 1.50 bits per heavy atom. The van der Waals surface area contributed by atoms with Crippen molar-refractivity contribution in [1.82, 2.24) is 9.36 Å². The van der Waals surface area contributed by atoms with Gasteiger partial charge in [-0.2, -0.15) is 4.37 Å². The lowest BCUT2D eigenvalue weighted by Crippen LogP contribution is -2.05. The second-order valence-electron chi connectivity index (χ2n) is 4.62. The normalized spacial score (nSPS) is 14.9. The number of nitrogens with two attached hydrogens (primary N) is 1. The van der Waals surface area contributed by atoms with Crippen LogP contribution < -0.4 is 11.1 Å². The van der Waals surface area contributed by atoms with Crippen LogP contribution in [0.15, 0.2) is 5.38 Å². The molecule has 1 fully saturated rings. The van der Waals surface area contributed by atoms with Crippen LogP contribution in [-0.2, 0) is 6.42 Å². The van der Waals surface area contributed by atoms with Gasteiger partial charge in [-0.15, -0.1) is 11.3 Å². The smallest absolute Gasteiger partial charge is 0.142 e. The van der Waals surface area contributed by atoms with E-state index in [1.54, 1.807) is 11.3 Å². The number of nitrogen functional groups attached to an aromatic ring is 1. The lowest BCUT2D eigenvalue weighted by Gasteiger charge is -2.05. The van der Waals surface area contributed by atoms with E-state index in [-0.39, 0.29) is 0 Å². The van der Waals surface area contributed by atoms with Gasteiger partial charge in [0.25, 0.3) is 0 Å². The highest BCUT2D eigenvalue weighted by atomic mass is 32.1. The summed E-state index contributed by atoms with van der Waals surface area (Å²) in [6.07, 6.45) is 3.46. The lowest BCUT2D eigenvalue weighted by atomic mass is 10.2. The summed E-state index contributed by atoms with van der Waals surface area (Å²) in [4.78, 5) is 4.46. The number of anilines is 2. The fourth-order valence-corrected chi connectivity index (χ4v) is 3.50. The summed E-state index contributed by atoms with van der Waals surface area (Å²) < 4.78 is 4.25. The number of hydrogen-bond donors (Lipinski definition) is 2. The summed E-state index contributed by atoms with van der Waals surface area (Å²) in [7, 11) is 0. The maximum absolute atomic E-state index is 5.92. The van der Waals surface area contributed by atoms with Gasteiger partial charge in [0.15, 0.2) is 0 Å². The SMILES string of the molecule is Cc1nc(CCNc2snc(N)c2C2CC2)cs1. The first-order chi connectivity index (χ1) is 8.74. The zero-order valence-electron chi connectivity index (χ0n) is 10.3. The zero-order chi connectivity index (χ0) is 12.5.